The number of benzene rings is 2. The molecule has 194 valence electrons. The molecule has 7 heteroatoms. The van der Waals surface area contributed by atoms with Crippen molar-refractivity contribution < 1.29 is 18.3 Å². The lowest BCUT2D eigenvalue weighted by Gasteiger charge is -2.47. The van der Waals surface area contributed by atoms with Gasteiger partial charge in [0.1, 0.15) is 12.4 Å². The summed E-state index contributed by atoms with van der Waals surface area (Å²) in [5, 5.41) is 4.53. The highest BCUT2D eigenvalue weighted by atomic mass is 19.1. The lowest BCUT2D eigenvalue weighted by atomic mass is 9.85. The van der Waals surface area contributed by atoms with E-state index in [1.54, 1.807) is 0 Å². The van der Waals surface area contributed by atoms with Crippen LogP contribution in [0.1, 0.15) is 49.6 Å². The summed E-state index contributed by atoms with van der Waals surface area (Å²) in [6, 6.07) is 16.9. The van der Waals surface area contributed by atoms with Gasteiger partial charge in [0.25, 0.3) is 0 Å². The van der Waals surface area contributed by atoms with Crippen LogP contribution in [-0.4, -0.2) is 67.2 Å². The maximum atomic E-state index is 15.4. The quantitative estimate of drug-likeness (QED) is 0.351. The minimum absolute atomic E-state index is 0.0744. The van der Waals surface area contributed by atoms with E-state index in [0.29, 0.717) is 26.1 Å². The molecule has 36 heavy (non-hydrogen) atoms. The van der Waals surface area contributed by atoms with Gasteiger partial charge in [-0.25, -0.2) is 4.39 Å². The number of hydrogen-bond acceptors (Lipinski definition) is 4. The van der Waals surface area contributed by atoms with E-state index in [0.717, 1.165) is 35.4 Å². The number of alkyl halides is 2. The van der Waals surface area contributed by atoms with Crippen molar-refractivity contribution in [2.45, 2.75) is 56.9 Å². The van der Waals surface area contributed by atoms with E-state index in [-0.39, 0.29) is 38.0 Å². The number of para-hydroxylation sites is 1. The van der Waals surface area contributed by atoms with Gasteiger partial charge >= 0.3 is 0 Å². The van der Waals surface area contributed by atoms with Gasteiger partial charge in [-0.2, -0.15) is 0 Å². The number of aromatic nitrogens is 1. The molecule has 0 spiro atoms. The molecule has 0 unspecified atom stereocenters. The molecular weight excluding hydrogens is 460 g/mol. The van der Waals surface area contributed by atoms with Gasteiger partial charge in [-0.3, -0.25) is 9.29 Å². The average molecular weight is 498 g/mol. The van der Waals surface area contributed by atoms with Crippen molar-refractivity contribution in [2.75, 3.05) is 39.6 Å². The molecule has 0 radical (unpaired) electrons. The standard InChI is InChI=1S/C29H37F2N3O2/c1-3-22-15-25-24-7-4-5-8-26(24)33-27(25)28(34(22)17-29(31)18-35-19-29)21-9-11-23(12-10-21)36-16-20(2)32-14-6-13-30/h4-5,7-12,20,22,28,32-33H,3,6,13-19H2,1-2H3/t20-,22-,28-/m1/s1. The second-order valence-corrected chi connectivity index (χ2v) is 10.3. The molecule has 5 rings (SSSR count). The van der Waals surface area contributed by atoms with E-state index in [9.17, 15) is 4.39 Å². The monoisotopic (exact) mass is 497 g/mol. The predicted molar refractivity (Wildman–Crippen MR) is 139 cm³/mol. The second kappa shape index (κ2) is 10.9. The van der Waals surface area contributed by atoms with Crippen LogP contribution in [0, 0.1) is 0 Å². The van der Waals surface area contributed by atoms with Crippen LogP contribution in [0.5, 0.6) is 5.75 Å². The highest BCUT2D eigenvalue weighted by Gasteiger charge is 2.46. The SMILES string of the molecule is CC[C@@H]1Cc2c([nH]c3ccccc23)[C@@H](c2ccc(OC[C@@H](C)NCCCF)cc2)N1CC1(F)COC1. The molecule has 2 aliphatic rings. The van der Waals surface area contributed by atoms with Crippen LogP contribution in [0.15, 0.2) is 48.5 Å². The van der Waals surface area contributed by atoms with Crippen molar-refractivity contribution >= 4 is 10.9 Å². The Bertz CT molecular complexity index is 1150. The molecule has 0 saturated carbocycles. The smallest absolute Gasteiger partial charge is 0.169 e. The van der Waals surface area contributed by atoms with Gasteiger partial charge in [-0.15, -0.1) is 0 Å². The van der Waals surface area contributed by atoms with Gasteiger partial charge in [-0.1, -0.05) is 37.3 Å². The Labute approximate surface area is 212 Å². The molecular formula is C29H37F2N3O2. The molecule has 1 saturated heterocycles. The van der Waals surface area contributed by atoms with Gasteiger partial charge in [0, 0.05) is 35.2 Å². The molecule has 1 aromatic heterocycles. The van der Waals surface area contributed by atoms with Crippen molar-refractivity contribution in [3.63, 3.8) is 0 Å². The molecule has 5 nitrogen and oxygen atoms in total. The molecule has 3 heterocycles. The minimum atomic E-state index is -1.30. The first kappa shape index (κ1) is 25.2. The third kappa shape index (κ3) is 5.15. The predicted octanol–water partition coefficient (Wildman–Crippen LogP) is 5.35. The van der Waals surface area contributed by atoms with E-state index in [1.165, 1.54) is 10.9 Å². The fourth-order valence-corrected chi connectivity index (χ4v) is 5.54. The Hall–Kier alpha value is -2.48. The number of rotatable bonds is 11. The summed E-state index contributed by atoms with van der Waals surface area (Å²) in [5.41, 5.74) is 3.43. The Kier molecular flexibility index (Phi) is 7.60. The minimum Gasteiger partial charge on any atom is -0.492 e. The van der Waals surface area contributed by atoms with Crippen LogP contribution in [-0.2, 0) is 11.2 Å². The van der Waals surface area contributed by atoms with Crippen molar-refractivity contribution in [2.24, 2.45) is 0 Å². The van der Waals surface area contributed by atoms with Crippen molar-refractivity contribution in [1.82, 2.24) is 15.2 Å². The van der Waals surface area contributed by atoms with Crippen molar-refractivity contribution in [1.29, 1.82) is 0 Å². The number of H-pyrrole nitrogens is 1. The maximum absolute atomic E-state index is 15.4. The zero-order chi connectivity index (χ0) is 25.1. The molecule has 0 amide bonds. The number of hydrogen-bond donors (Lipinski definition) is 2. The first-order valence-corrected chi connectivity index (χ1v) is 13.2. The normalized spacial score (nSPS) is 22.2. The van der Waals surface area contributed by atoms with Crippen LogP contribution < -0.4 is 10.1 Å². The molecule has 0 aliphatic carbocycles. The van der Waals surface area contributed by atoms with E-state index in [2.05, 4.69) is 58.5 Å². The van der Waals surface area contributed by atoms with Crippen LogP contribution in [0.3, 0.4) is 0 Å². The van der Waals surface area contributed by atoms with E-state index >= 15 is 4.39 Å². The summed E-state index contributed by atoms with van der Waals surface area (Å²) in [5.74, 6) is 0.790. The number of ether oxygens (including phenoxy) is 2. The summed E-state index contributed by atoms with van der Waals surface area (Å²) in [7, 11) is 0. The molecule has 3 atom stereocenters. The summed E-state index contributed by atoms with van der Waals surface area (Å²) in [6.45, 7) is 5.74. The first-order chi connectivity index (χ1) is 17.5. The number of fused-ring (bicyclic) bond motifs is 3. The summed E-state index contributed by atoms with van der Waals surface area (Å²) in [6.07, 6.45) is 2.36. The zero-order valence-corrected chi connectivity index (χ0v) is 21.2. The lowest BCUT2D eigenvalue weighted by molar-refractivity contribution is -0.148. The fourth-order valence-electron chi connectivity index (χ4n) is 5.54. The van der Waals surface area contributed by atoms with Crippen LogP contribution in [0.2, 0.25) is 0 Å². The molecule has 2 N–H and O–H groups in total. The Morgan fingerprint density at radius 2 is 1.97 bits per heavy atom. The average Bonchev–Trinajstić information content (AvgIpc) is 3.24. The summed E-state index contributed by atoms with van der Waals surface area (Å²) >= 11 is 0. The summed E-state index contributed by atoms with van der Waals surface area (Å²) in [4.78, 5) is 6.02. The third-order valence-electron chi connectivity index (χ3n) is 7.52. The molecule has 1 fully saturated rings. The Morgan fingerprint density at radius 1 is 1.19 bits per heavy atom. The van der Waals surface area contributed by atoms with Gasteiger partial charge in [-0.05, 0) is 62.1 Å². The van der Waals surface area contributed by atoms with Crippen LogP contribution >= 0.6 is 0 Å². The topological polar surface area (TPSA) is 49.5 Å². The largest absolute Gasteiger partial charge is 0.492 e. The number of halogens is 2. The summed E-state index contributed by atoms with van der Waals surface area (Å²) < 4.78 is 39.0. The maximum Gasteiger partial charge on any atom is 0.169 e. The van der Waals surface area contributed by atoms with Gasteiger partial charge in [0.05, 0.1) is 25.9 Å². The zero-order valence-electron chi connectivity index (χ0n) is 21.2. The van der Waals surface area contributed by atoms with Gasteiger partial charge < -0.3 is 19.8 Å². The van der Waals surface area contributed by atoms with E-state index < -0.39 is 5.67 Å². The number of nitrogens with one attached hydrogen (secondary N) is 2. The van der Waals surface area contributed by atoms with Gasteiger partial charge in [0.15, 0.2) is 5.67 Å². The molecule has 2 aliphatic heterocycles. The Morgan fingerprint density at radius 3 is 2.67 bits per heavy atom. The van der Waals surface area contributed by atoms with Crippen molar-refractivity contribution in [3.8, 4) is 5.75 Å². The lowest BCUT2D eigenvalue weighted by Crippen LogP contribution is -2.57. The molecule has 0 bridgehead atoms. The van der Waals surface area contributed by atoms with E-state index in [1.807, 2.05) is 19.1 Å². The second-order valence-electron chi connectivity index (χ2n) is 10.3. The first-order valence-electron chi connectivity index (χ1n) is 13.2. The fraction of sp³-hybridized carbons (Fsp3) is 0.517. The van der Waals surface area contributed by atoms with Crippen LogP contribution in [0.4, 0.5) is 8.78 Å². The number of aromatic amines is 1. The molecule has 2 aromatic carbocycles. The van der Waals surface area contributed by atoms with Crippen molar-refractivity contribution in [3.05, 3.63) is 65.4 Å². The Balaban J connectivity index is 1.42. The number of nitrogens with zero attached hydrogens (tertiary/aromatic N) is 1. The van der Waals surface area contributed by atoms with Gasteiger partial charge in [0.2, 0.25) is 0 Å². The highest BCUT2D eigenvalue weighted by molar-refractivity contribution is 5.85. The van der Waals surface area contributed by atoms with Crippen LogP contribution in [0.25, 0.3) is 10.9 Å². The highest BCUT2D eigenvalue weighted by Crippen LogP contribution is 2.43. The molecule has 3 aromatic rings. The third-order valence-corrected chi connectivity index (χ3v) is 7.52. The van der Waals surface area contributed by atoms with E-state index in [4.69, 9.17) is 9.47 Å².